The van der Waals surface area contributed by atoms with Crippen LogP contribution < -0.4 is 10.9 Å². The van der Waals surface area contributed by atoms with Gasteiger partial charge in [-0.1, -0.05) is 30.3 Å². The molecule has 3 aromatic rings. The first-order valence-electron chi connectivity index (χ1n) is 8.62. The van der Waals surface area contributed by atoms with Crippen LogP contribution in [0.2, 0.25) is 0 Å². The number of carbonyl (C=O) groups excluding carboxylic acids is 1. The predicted octanol–water partition coefficient (Wildman–Crippen LogP) is 2.51. The number of aromatic hydroxyl groups is 1. The van der Waals surface area contributed by atoms with Crippen LogP contribution in [0, 0.1) is 13.8 Å². The van der Waals surface area contributed by atoms with Gasteiger partial charge in [-0.25, -0.2) is 4.79 Å². The molecule has 6 nitrogen and oxygen atoms in total. The first-order valence-corrected chi connectivity index (χ1v) is 8.62. The number of phenolic OH excluding ortho intramolecular Hbond substituents is 1. The minimum atomic E-state index is -0.837. The number of nitrogens with one attached hydrogen (secondary N) is 1. The average Bonchev–Trinajstić information content (AvgIpc) is 2.63. The monoisotopic (exact) mass is 367 g/mol. The normalized spacial score (nSPS) is 12.1. The lowest BCUT2D eigenvalue weighted by atomic mass is 10.0. The van der Waals surface area contributed by atoms with E-state index in [9.17, 15) is 19.8 Å². The molecule has 3 N–H and O–H groups in total. The number of benzene rings is 2. The fraction of sp³-hybridized carbons (Fsp3) is 0.238. The summed E-state index contributed by atoms with van der Waals surface area (Å²) in [7, 11) is 0. The summed E-state index contributed by atoms with van der Waals surface area (Å²) in [5.74, 6) is -0.404. The number of hydrogen-bond donors (Lipinski definition) is 3. The number of rotatable bonds is 5. The van der Waals surface area contributed by atoms with Gasteiger partial charge < -0.3 is 19.9 Å². The van der Waals surface area contributed by atoms with Crippen LogP contribution in [-0.2, 0) is 11.2 Å². The Morgan fingerprint density at radius 2 is 1.89 bits per heavy atom. The topological polar surface area (TPSA) is 99.8 Å². The van der Waals surface area contributed by atoms with Crippen molar-refractivity contribution in [2.75, 3.05) is 6.54 Å². The lowest BCUT2D eigenvalue weighted by molar-refractivity contribution is -0.120. The van der Waals surface area contributed by atoms with Gasteiger partial charge in [0.2, 0.25) is 5.91 Å². The molecule has 140 valence electrons. The van der Waals surface area contributed by atoms with Crippen molar-refractivity contribution in [1.29, 1.82) is 0 Å². The molecular weight excluding hydrogens is 346 g/mol. The molecule has 2 aromatic carbocycles. The van der Waals surface area contributed by atoms with Gasteiger partial charge in [-0.05, 0) is 42.7 Å². The maximum absolute atomic E-state index is 12.3. The highest BCUT2D eigenvalue weighted by Gasteiger charge is 2.18. The van der Waals surface area contributed by atoms with Crippen LogP contribution in [0.4, 0.5) is 0 Å². The number of fused-ring (bicyclic) bond motifs is 1. The second-order valence-corrected chi connectivity index (χ2v) is 6.56. The van der Waals surface area contributed by atoms with Crippen LogP contribution in [0.5, 0.6) is 5.75 Å². The molecule has 1 aromatic heterocycles. The van der Waals surface area contributed by atoms with Crippen LogP contribution >= 0.6 is 0 Å². The minimum absolute atomic E-state index is 0.00686. The Kier molecular flexibility index (Phi) is 5.28. The molecule has 0 bridgehead atoms. The highest BCUT2D eigenvalue weighted by molar-refractivity contribution is 5.89. The lowest BCUT2D eigenvalue weighted by Gasteiger charge is -2.13. The van der Waals surface area contributed by atoms with Gasteiger partial charge in [0.1, 0.15) is 11.3 Å². The molecule has 0 aliphatic rings. The van der Waals surface area contributed by atoms with Crippen molar-refractivity contribution in [1.82, 2.24) is 5.32 Å². The van der Waals surface area contributed by atoms with Gasteiger partial charge in [0.05, 0.1) is 23.5 Å². The first-order chi connectivity index (χ1) is 12.9. The standard InChI is InChI=1S/C21H21NO5/c1-12-8-16(23)20-13(2)15(21(26)27-18(20)9-12)10-19(25)22-11-17(24)14-6-4-3-5-7-14/h3-9,17,23-24H,10-11H2,1-2H3,(H,22,25)/t17-/m1/s1. The van der Waals surface area contributed by atoms with Crippen LogP contribution in [0.25, 0.3) is 11.0 Å². The summed E-state index contributed by atoms with van der Waals surface area (Å²) in [6, 6.07) is 12.2. The van der Waals surface area contributed by atoms with Crippen LogP contribution in [-0.4, -0.2) is 22.7 Å². The second-order valence-electron chi connectivity index (χ2n) is 6.56. The molecule has 0 fully saturated rings. The summed E-state index contributed by atoms with van der Waals surface area (Å²) >= 11 is 0. The molecule has 0 aliphatic carbocycles. The molecule has 1 atom stereocenters. The summed E-state index contributed by atoms with van der Waals surface area (Å²) in [6.07, 6.45) is -1.03. The summed E-state index contributed by atoms with van der Waals surface area (Å²) in [5.41, 5.74) is 1.84. The van der Waals surface area contributed by atoms with Crippen LogP contribution in [0.15, 0.2) is 51.7 Å². The number of hydrogen-bond acceptors (Lipinski definition) is 5. The highest BCUT2D eigenvalue weighted by atomic mass is 16.4. The number of aliphatic hydroxyl groups is 1. The number of aryl methyl sites for hydroxylation is 2. The Morgan fingerprint density at radius 3 is 2.59 bits per heavy atom. The molecular formula is C21H21NO5. The minimum Gasteiger partial charge on any atom is -0.507 e. The third-order valence-corrected chi connectivity index (χ3v) is 4.52. The molecule has 0 spiro atoms. The van der Waals surface area contributed by atoms with Crippen LogP contribution in [0.1, 0.15) is 28.4 Å². The fourth-order valence-corrected chi connectivity index (χ4v) is 3.09. The van der Waals surface area contributed by atoms with Crippen molar-refractivity contribution in [3.8, 4) is 5.75 Å². The van der Waals surface area contributed by atoms with Gasteiger partial charge in [0, 0.05) is 6.54 Å². The third kappa shape index (κ3) is 4.01. The molecule has 6 heteroatoms. The SMILES string of the molecule is Cc1cc(O)c2c(C)c(CC(=O)NC[C@@H](O)c3ccccc3)c(=O)oc2c1. The molecule has 3 rings (SSSR count). The summed E-state index contributed by atoms with van der Waals surface area (Å²) in [4.78, 5) is 24.6. The largest absolute Gasteiger partial charge is 0.507 e. The number of aliphatic hydroxyl groups excluding tert-OH is 1. The summed E-state index contributed by atoms with van der Waals surface area (Å²) in [5, 5.41) is 23.4. The van der Waals surface area contributed by atoms with E-state index >= 15 is 0 Å². The lowest BCUT2D eigenvalue weighted by Crippen LogP contribution is -2.31. The number of amides is 1. The summed E-state index contributed by atoms with van der Waals surface area (Å²) in [6.45, 7) is 3.49. The van der Waals surface area contributed by atoms with E-state index in [4.69, 9.17) is 4.42 Å². The van der Waals surface area contributed by atoms with E-state index in [1.165, 1.54) is 0 Å². The zero-order chi connectivity index (χ0) is 19.6. The molecule has 27 heavy (non-hydrogen) atoms. The first kappa shape index (κ1) is 18.7. The Bertz CT molecular complexity index is 1040. The van der Waals surface area contributed by atoms with E-state index < -0.39 is 17.6 Å². The van der Waals surface area contributed by atoms with Crippen molar-refractivity contribution in [2.24, 2.45) is 0 Å². The van der Waals surface area contributed by atoms with Gasteiger partial charge >= 0.3 is 5.63 Å². The predicted molar refractivity (Wildman–Crippen MR) is 102 cm³/mol. The Morgan fingerprint density at radius 1 is 1.19 bits per heavy atom. The van der Waals surface area contributed by atoms with Crippen molar-refractivity contribution >= 4 is 16.9 Å². The second kappa shape index (κ2) is 7.63. The molecule has 0 radical (unpaired) electrons. The highest BCUT2D eigenvalue weighted by Crippen LogP contribution is 2.29. The maximum atomic E-state index is 12.3. The molecule has 0 unspecified atom stereocenters. The van der Waals surface area contributed by atoms with E-state index in [1.54, 1.807) is 50.2 Å². The Labute approximate surface area is 156 Å². The zero-order valence-electron chi connectivity index (χ0n) is 15.2. The van der Waals surface area contributed by atoms with E-state index in [-0.39, 0.29) is 24.3 Å². The Balaban J connectivity index is 1.78. The van der Waals surface area contributed by atoms with Gasteiger partial charge in [-0.2, -0.15) is 0 Å². The zero-order valence-corrected chi connectivity index (χ0v) is 15.2. The fourth-order valence-electron chi connectivity index (χ4n) is 3.09. The molecule has 0 aliphatic heterocycles. The quantitative estimate of drug-likeness (QED) is 0.602. The molecule has 0 saturated carbocycles. The van der Waals surface area contributed by atoms with E-state index in [0.717, 1.165) is 5.56 Å². The Hall–Kier alpha value is -3.12. The molecule has 0 saturated heterocycles. The number of phenols is 1. The van der Waals surface area contributed by atoms with Crippen molar-refractivity contribution < 1.29 is 19.4 Å². The van der Waals surface area contributed by atoms with Gasteiger partial charge in [0.25, 0.3) is 0 Å². The van der Waals surface area contributed by atoms with Crippen molar-refractivity contribution in [3.05, 3.63) is 75.1 Å². The van der Waals surface area contributed by atoms with E-state index in [2.05, 4.69) is 5.32 Å². The van der Waals surface area contributed by atoms with Crippen LogP contribution in [0.3, 0.4) is 0 Å². The summed E-state index contributed by atoms with van der Waals surface area (Å²) < 4.78 is 5.29. The van der Waals surface area contributed by atoms with Crippen molar-refractivity contribution in [2.45, 2.75) is 26.4 Å². The van der Waals surface area contributed by atoms with E-state index in [0.29, 0.717) is 22.1 Å². The smallest absolute Gasteiger partial charge is 0.340 e. The van der Waals surface area contributed by atoms with Gasteiger partial charge in [-0.15, -0.1) is 0 Å². The molecule has 1 heterocycles. The van der Waals surface area contributed by atoms with E-state index in [1.807, 2.05) is 6.07 Å². The third-order valence-electron chi connectivity index (χ3n) is 4.52. The van der Waals surface area contributed by atoms with Crippen molar-refractivity contribution in [3.63, 3.8) is 0 Å². The average molecular weight is 367 g/mol. The maximum Gasteiger partial charge on any atom is 0.340 e. The number of carbonyl (C=O) groups is 1. The van der Waals surface area contributed by atoms with Gasteiger partial charge in [0.15, 0.2) is 0 Å². The van der Waals surface area contributed by atoms with Gasteiger partial charge in [-0.3, -0.25) is 4.79 Å². The molecule has 1 amide bonds.